The highest BCUT2D eigenvalue weighted by Gasteiger charge is 2.43. The topological polar surface area (TPSA) is 79.1 Å². The van der Waals surface area contributed by atoms with E-state index in [4.69, 9.17) is 10.5 Å². The fourth-order valence-electron chi connectivity index (χ4n) is 5.27. The Morgan fingerprint density at radius 2 is 1.71 bits per heavy atom. The van der Waals surface area contributed by atoms with E-state index in [9.17, 15) is 9.59 Å². The second kappa shape index (κ2) is 10.4. The number of carbonyl (C=O) groups is 2. The molecule has 4 rings (SSSR count). The molecule has 2 heterocycles. The Morgan fingerprint density at radius 1 is 1.06 bits per heavy atom. The van der Waals surface area contributed by atoms with Gasteiger partial charge >= 0.3 is 5.97 Å². The molecule has 0 spiro atoms. The Kier molecular flexibility index (Phi) is 7.34. The molecule has 7 nitrogen and oxygen atoms in total. The second-order valence-corrected chi connectivity index (χ2v) is 9.72. The van der Waals surface area contributed by atoms with Crippen LogP contribution >= 0.6 is 0 Å². The minimum atomic E-state index is -0.356. The number of primary amides is 1. The molecule has 0 aliphatic carbocycles. The fourth-order valence-corrected chi connectivity index (χ4v) is 5.27. The molecule has 0 radical (unpaired) electrons. The van der Waals surface area contributed by atoms with Gasteiger partial charge in [-0.3, -0.25) is 4.79 Å². The summed E-state index contributed by atoms with van der Waals surface area (Å²) < 4.78 is 5.70. The molecule has 0 aromatic heterocycles. The molecule has 0 saturated carbocycles. The molecule has 1 fully saturated rings. The summed E-state index contributed by atoms with van der Waals surface area (Å²) in [6.45, 7) is 10.5. The summed E-state index contributed by atoms with van der Waals surface area (Å²) in [7, 11) is 0. The van der Waals surface area contributed by atoms with Gasteiger partial charge in [0.2, 0.25) is 5.91 Å². The number of fused-ring (bicyclic) bond motifs is 1. The van der Waals surface area contributed by atoms with Crippen molar-refractivity contribution < 1.29 is 14.3 Å². The molecule has 2 atom stereocenters. The lowest BCUT2D eigenvalue weighted by molar-refractivity contribution is -0.141. The molecule has 2 aromatic rings. The van der Waals surface area contributed by atoms with Gasteiger partial charge in [-0.05, 0) is 43.9 Å². The number of nitrogens with zero attached hydrogens (tertiary/aromatic N) is 3. The van der Waals surface area contributed by atoms with Crippen LogP contribution in [0.4, 0.5) is 5.69 Å². The molecule has 7 heteroatoms. The number of esters is 1. The van der Waals surface area contributed by atoms with E-state index in [0.717, 1.165) is 25.1 Å². The maximum absolute atomic E-state index is 13.2. The van der Waals surface area contributed by atoms with Crippen molar-refractivity contribution in [2.75, 3.05) is 31.1 Å². The molecule has 186 valence electrons. The van der Waals surface area contributed by atoms with Crippen molar-refractivity contribution in [3.8, 4) is 0 Å². The molecular weight excluding hydrogens is 440 g/mol. The van der Waals surface area contributed by atoms with Gasteiger partial charge < -0.3 is 25.2 Å². The predicted octanol–water partition coefficient (Wildman–Crippen LogP) is 3.47. The van der Waals surface area contributed by atoms with E-state index < -0.39 is 0 Å². The van der Waals surface area contributed by atoms with E-state index in [1.807, 2.05) is 43.5 Å². The van der Waals surface area contributed by atoms with Gasteiger partial charge in [0.1, 0.15) is 5.70 Å². The maximum atomic E-state index is 13.2. The Hall–Kier alpha value is -3.48. The van der Waals surface area contributed by atoms with Gasteiger partial charge in [0.25, 0.3) is 0 Å². The number of benzene rings is 2. The van der Waals surface area contributed by atoms with Crippen LogP contribution in [0.2, 0.25) is 0 Å². The monoisotopic (exact) mass is 476 g/mol. The summed E-state index contributed by atoms with van der Waals surface area (Å²) in [6.07, 6.45) is 3.23. The average molecular weight is 477 g/mol. The smallest absolute Gasteiger partial charge is 0.356 e. The number of anilines is 1. The van der Waals surface area contributed by atoms with Crippen LogP contribution in [-0.2, 0) is 20.7 Å². The quantitative estimate of drug-likeness (QED) is 0.588. The van der Waals surface area contributed by atoms with Crippen LogP contribution in [-0.4, -0.2) is 54.2 Å². The summed E-state index contributed by atoms with van der Waals surface area (Å²) in [5.74, 6) is -1.04. The first-order chi connectivity index (χ1) is 16.8. The molecule has 35 heavy (non-hydrogen) atoms. The van der Waals surface area contributed by atoms with Crippen LogP contribution in [0.3, 0.4) is 0 Å². The van der Waals surface area contributed by atoms with Crippen molar-refractivity contribution in [1.82, 2.24) is 9.80 Å². The average Bonchev–Trinajstić information content (AvgIpc) is 3.18. The van der Waals surface area contributed by atoms with Gasteiger partial charge in [-0.25, -0.2) is 4.79 Å². The number of aryl methyl sites for hydroxylation is 3. The Bertz CT molecular complexity index is 1090. The number of hydrogen-bond acceptors (Lipinski definition) is 6. The normalized spacial score (nSPS) is 18.2. The third-order valence-electron chi connectivity index (χ3n) is 6.82. The van der Waals surface area contributed by atoms with Crippen LogP contribution < -0.4 is 10.6 Å². The van der Waals surface area contributed by atoms with Crippen molar-refractivity contribution in [3.05, 3.63) is 76.6 Å². The minimum absolute atomic E-state index is 0.206. The van der Waals surface area contributed by atoms with Gasteiger partial charge in [0.15, 0.2) is 6.29 Å². The third kappa shape index (κ3) is 5.29. The summed E-state index contributed by atoms with van der Waals surface area (Å²) in [4.78, 5) is 31.6. The minimum Gasteiger partial charge on any atom is -0.461 e. The number of amides is 1. The lowest BCUT2D eigenvalue weighted by Gasteiger charge is -2.47. The van der Waals surface area contributed by atoms with E-state index in [-0.39, 0.29) is 24.1 Å². The summed E-state index contributed by atoms with van der Waals surface area (Å²) in [5, 5.41) is 0. The highest BCUT2D eigenvalue weighted by Crippen LogP contribution is 2.37. The van der Waals surface area contributed by atoms with Crippen LogP contribution in [0.5, 0.6) is 0 Å². The number of hydrogen-bond donors (Lipinski definition) is 1. The molecular formula is C28H36N4O3. The zero-order valence-electron chi connectivity index (χ0n) is 21.2. The third-order valence-corrected chi connectivity index (χ3v) is 6.82. The van der Waals surface area contributed by atoms with Gasteiger partial charge in [-0.15, -0.1) is 0 Å². The predicted molar refractivity (Wildman–Crippen MR) is 137 cm³/mol. The van der Waals surface area contributed by atoms with Crippen LogP contribution in [0.15, 0.2) is 54.4 Å². The first kappa shape index (κ1) is 24.6. The van der Waals surface area contributed by atoms with E-state index in [1.54, 1.807) is 0 Å². The number of nitrogens with two attached hydrogens (primary N) is 1. The van der Waals surface area contributed by atoms with E-state index in [1.165, 1.54) is 22.4 Å². The SMILES string of the molecule is Cc1cc(C)c(N2CCCN3C(C(=O)OCCc4ccccc4)=CN(CC(C)C(N)=O)C32)c(C)c1. The Morgan fingerprint density at radius 3 is 2.37 bits per heavy atom. The summed E-state index contributed by atoms with van der Waals surface area (Å²) in [6, 6.07) is 14.4. The molecule has 2 aliphatic heterocycles. The van der Waals surface area contributed by atoms with E-state index in [0.29, 0.717) is 25.3 Å². The van der Waals surface area contributed by atoms with Crippen LogP contribution in [0, 0.1) is 26.7 Å². The highest BCUT2D eigenvalue weighted by atomic mass is 16.5. The molecule has 2 N–H and O–H groups in total. The Labute approximate surface area is 208 Å². The Balaban J connectivity index is 1.59. The van der Waals surface area contributed by atoms with Gasteiger partial charge in [-0.2, -0.15) is 0 Å². The van der Waals surface area contributed by atoms with Crippen molar-refractivity contribution in [1.29, 1.82) is 0 Å². The van der Waals surface area contributed by atoms with Crippen molar-refractivity contribution in [2.45, 2.75) is 46.8 Å². The molecule has 2 aromatic carbocycles. The van der Waals surface area contributed by atoms with E-state index in [2.05, 4.69) is 47.6 Å². The molecule has 2 aliphatic rings. The van der Waals surface area contributed by atoms with Crippen molar-refractivity contribution >= 4 is 17.6 Å². The number of carbonyl (C=O) groups excluding carboxylic acids is 2. The fraction of sp³-hybridized carbons (Fsp3) is 0.429. The first-order valence-corrected chi connectivity index (χ1v) is 12.4. The molecule has 2 unspecified atom stereocenters. The zero-order chi connectivity index (χ0) is 25.1. The van der Waals surface area contributed by atoms with E-state index >= 15 is 0 Å². The maximum Gasteiger partial charge on any atom is 0.356 e. The van der Waals surface area contributed by atoms with Crippen LogP contribution in [0.25, 0.3) is 0 Å². The molecule has 1 amide bonds. The standard InChI is InChI=1S/C28H36N4O3/c1-19-15-20(2)25(21(3)16-19)32-13-8-12-31-24(18-30(28(31)32)17-22(4)26(29)33)27(34)35-14-11-23-9-6-5-7-10-23/h5-7,9-10,15-16,18,22,28H,8,11-14,17H2,1-4H3,(H2,29,33). The van der Waals surface area contributed by atoms with Gasteiger partial charge in [0.05, 0.1) is 12.5 Å². The second-order valence-electron chi connectivity index (χ2n) is 9.72. The summed E-state index contributed by atoms with van der Waals surface area (Å²) >= 11 is 0. The van der Waals surface area contributed by atoms with Crippen molar-refractivity contribution in [3.63, 3.8) is 0 Å². The number of rotatable bonds is 8. The van der Waals surface area contributed by atoms with Gasteiger partial charge in [0, 0.05) is 37.9 Å². The number of ether oxygens (including phenoxy) is 1. The van der Waals surface area contributed by atoms with Crippen molar-refractivity contribution in [2.24, 2.45) is 11.7 Å². The lowest BCUT2D eigenvalue weighted by Crippen LogP contribution is -2.58. The first-order valence-electron chi connectivity index (χ1n) is 12.4. The molecule has 1 saturated heterocycles. The van der Waals surface area contributed by atoms with Gasteiger partial charge in [-0.1, -0.05) is 55.0 Å². The largest absolute Gasteiger partial charge is 0.461 e. The summed E-state index contributed by atoms with van der Waals surface area (Å²) in [5.41, 5.74) is 12.1. The highest BCUT2D eigenvalue weighted by molar-refractivity contribution is 5.88. The van der Waals surface area contributed by atoms with Crippen LogP contribution in [0.1, 0.15) is 35.6 Å². The lowest BCUT2D eigenvalue weighted by atomic mass is 10.0. The molecule has 0 bridgehead atoms. The zero-order valence-corrected chi connectivity index (χ0v) is 21.2.